The predicted octanol–water partition coefficient (Wildman–Crippen LogP) is 1.63. The van der Waals surface area contributed by atoms with Crippen molar-refractivity contribution >= 4 is 44.8 Å². The number of hydrogen-bond donors (Lipinski definition) is 3. The van der Waals surface area contributed by atoms with E-state index in [9.17, 15) is 13.2 Å². The summed E-state index contributed by atoms with van der Waals surface area (Å²) in [4.78, 5) is 11.2. The van der Waals surface area contributed by atoms with Crippen molar-refractivity contribution in [2.24, 2.45) is 5.92 Å². The Kier molecular flexibility index (Phi) is 6.27. The minimum atomic E-state index is -4.00. The van der Waals surface area contributed by atoms with Crippen molar-refractivity contribution in [3.05, 3.63) is 22.2 Å². The molecule has 21 heavy (non-hydrogen) atoms. The maximum atomic E-state index is 12.1. The highest BCUT2D eigenvalue weighted by atomic mass is 35.5. The SMILES string of the molecule is CC(C)CNC(=O)CNS(=O)(=O)c1c(Cl)cc(N)cc1Cl. The zero-order valence-corrected chi connectivity index (χ0v) is 13.9. The normalized spacial score (nSPS) is 11.7. The van der Waals surface area contributed by atoms with Gasteiger partial charge in [-0.3, -0.25) is 4.79 Å². The molecule has 0 aliphatic carbocycles. The third-order valence-corrected chi connectivity index (χ3v) is 4.74. The van der Waals surface area contributed by atoms with Gasteiger partial charge in [0.2, 0.25) is 15.9 Å². The van der Waals surface area contributed by atoms with E-state index < -0.39 is 22.5 Å². The zero-order valence-electron chi connectivity index (χ0n) is 11.6. The molecule has 0 fully saturated rings. The van der Waals surface area contributed by atoms with Gasteiger partial charge in [-0.2, -0.15) is 0 Å². The molecule has 0 radical (unpaired) electrons. The van der Waals surface area contributed by atoms with Gasteiger partial charge in [-0.05, 0) is 18.1 Å². The number of nitrogen functional groups attached to an aromatic ring is 1. The van der Waals surface area contributed by atoms with Crippen molar-refractivity contribution < 1.29 is 13.2 Å². The summed E-state index contributed by atoms with van der Waals surface area (Å²) in [5, 5.41) is 2.39. The van der Waals surface area contributed by atoms with Crippen molar-refractivity contribution in [1.29, 1.82) is 0 Å². The van der Waals surface area contributed by atoms with Gasteiger partial charge >= 0.3 is 0 Å². The number of rotatable bonds is 6. The summed E-state index contributed by atoms with van der Waals surface area (Å²) in [5.41, 5.74) is 5.76. The van der Waals surface area contributed by atoms with Crippen LogP contribution in [-0.4, -0.2) is 27.4 Å². The van der Waals surface area contributed by atoms with E-state index in [0.29, 0.717) is 6.54 Å². The molecule has 1 rings (SSSR count). The highest BCUT2D eigenvalue weighted by molar-refractivity contribution is 7.89. The summed E-state index contributed by atoms with van der Waals surface area (Å²) in [6, 6.07) is 2.56. The van der Waals surface area contributed by atoms with Gasteiger partial charge in [0, 0.05) is 12.2 Å². The summed E-state index contributed by atoms with van der Waals surface area (Å²) in [6.45, 7) is 3.92. The number of halogens is 2. The minimum Gasteiger partial charge on any atom is -0.399 e. The number of carbonyl (C=O) groups excluding carboxylic acids is 1. The van der Waals surface area contributed by atoms with Gasteiger partial charge < -0.3 is 11.1 Å². The lowest BCUT2D eigenvalue weighted by atomic mass is 10.2. The van der Waals surface area contributed by atoms with E-state index in [0.717, 1.165) is 0 Å². The molecule has 0 saturated carbocycles. The van der Waals surface area contributed by atoms with E-state index in [1.807, 2.05) is 13.8 Å². The Bertz CT molecular complexity index is 610. The quantitative estimate of drug-likeness (QED) is 0.676. The van der Waals surface area contributed by atoms with Crippen LogP contribution >= 0.6 is 23.2 Å². The van der Waals surface area contributed by atoms with Crippen LogP contribution in [0.5, 0.6) is 0 Å². The molecule has 6 nitrogen and oxygen atoms in total. The first-order chi connectivity index (χ1) is 9.63. The van der Waals surface area contributed by atoms with Crippen LogP contribution in [0.3, 0.4) is 0 Å². The van der Waals surface area contributed by atoms with Crippen LogP contribution in [0.4, 0.5) is 5.69 Å². The van der Waals surface area contributed by atoms with Gasteiger partial charge in [-0.15, -0.1) is 0 Å². The Balaban J connectivity index is 2.82. The molecule has 0 bridgehead atoms. The largest absolute Gasteiger partial charge is 0.399 e. The second-order valence-corrected chi connectivity index (χ2v) is 7.35. The molecule has 0 saturated heterocycles. The Hall–Kier alpha value is -1.02. The Morgan fingerprint density at radius 3 is 2.29 bits per heavy atom. The number of sulfonamides is 1. The number of anilines is 1. The first kappa shape index (κ1) is 18.0. The molecule has 0 atom stereocenters. The number of carbonyl (C=O) groups is 1. The molecule has 0 unspecified atom stereocenters. The molecular weight excluding hydrogens is 337 g/mol. The van der Waals surface area contributed by atoms with Crippen LogP contribution in [-0.2, 0) is 14.8 Å². The lowest BCUT2D eigenvalue weighted by Gasteiger charge is -2.11. The number of nitrogens with two attached hydrogens (primary N) is 1. The molecule has 118 valence electrons. The summed E-state index contributed by atoms with van der Waals surface area (Å²) in [6.07, 6.45) is 0. The van der Waals surface area contributed by atoms with Crippen LogP contribution in [0.2, 0.25) is 10.0 Å². The first-order valence-electron chi connectivity index (χ1n) is 6.14. The van der Waals surface area contributed by atoms with E-state index in [4.69, 9.17) is 28.9 Å². The average molecular weight is 354 g/mol. The van der Waals surface area contributed by atoms with Gasteiger partial charge in [-0.25, -0.2) is 13.1 Å². The Morgan fingerprint density at radius 1 is 1.29 bits per heavy atom. The summed E-state index contributed by atoms with van der Waals surface area (Å²) in [7, 11) is -4.00. The van der Waals surface area contributed by atoms with Gasteiger partial charge in [0.05, 0.1) is 16.6 Å². The Morgan fingerprint density at radius 2 is 1.81 bits per heavy atom. The highest BCUT2D eigenvalue weighted by Gasteiger charge is 2.23. The van der Waals surface area contributed by atoms with E-state index >= 15 is 0 Å². The number of benzene rings is 1. The number of hydrogen-bond acceptors (Lipinski definition) is 4. The van der Waals surface area contributed by atoms with Crippen LogP contribution in [0.25, 0.3) is 0 Å². The van der Waals surface area contributed by atoms with E-state index in [2.05, 4.69) is 10.0 Å². The summed E-state index contributed by atoms with van der Waals surface area (Å²) >= 11 is 11.7. The predicted molar refractivity (Wildman–Crippen MR) is 83.9 cm³/mol. The molecule has 0 aliphatic heterocycles. The fraction of sp³-hybridized carbons (Fsp3) is 0.417. The second-order valence-electron chi connectivity index (χ2n) is 4.84. The van der Waals surface area contributed by atoms with Crippen LogP contribution < -0.4 is 15.8 Å². The molecule has 0 heterocycles. The molecule has 9 heteroatoms. The molecule has 0 aliphatic rings. The summed E-state index contributed by atoms with van der Waals surface area (Å²) < 4.78 is 26.4. The summed E-state index contributed by atoms with van der Waals surface area (Å²) in [5.74, 6) is -0.165. The van der Waals surface area contributed by atoms with Crippen LogP contribution in [0.1, 0.15) is 13.8 Å². The van der Waals surface area contributed by atoms with Crippen LogP contribution in [0.15, 0.2) is 17.0 Å². The van der Waals surface area contributed by atoms with Crippen LogP contribution in [0, 0.1) is 5.92 Å². The zero-order chi connectivity index (χ0) is 16.2. The fourth-order valence-corrected chi connectivity index (χ4v) is 3.66. The Labute approximate surface area is 134 Å². The smallest absolute Gasteiger partial charge is 0.244 e. The lowest BCUT2D eigenvalue weighted by Crippen LogP contribution is -2.38. The third-order valence-electron chi connectivity index (χ3n) is 2.42. The van der Waals surface area contributed by atoms with E-state index in [-0.39, 0.29) is 26.5 Å². The van der Waals surface area contributed by atoms with E-state index in [1.165, 1.54) is 12.1 Å². The molecule has 1 aromatic carbocycles. The van der Waals surface area contributed by atoms with Crippen molar-refractivity contribution in [2.45, 2.75) is 18.7 Å². The molecule has 1 aromatic rings. The molecular formula is C12H17Cl2N3O3S. The van der Waals surface area contributed by atoms with Crippen molar-refractivity contribution in [2.75, 3.05) is 18.8 Å². The number of amides is 1. The van der Waals surface area contributed by atoms with Gasteiger partial charge in [0.25, 0.3) is 0 Å². The molecule has 0 spiro atoms. The topological polar surface area (TPSA) is 101 Å². The van der Waals surface area contributed by atoms with Crippen molar-refractivity contribution in [1.82, 2.24) is 10.0 Å². The fourth-order valence-electron chi connectivity index (χ4n) is 1.45. The average Bonchev–Trinajstić information content (AvgIpc) is 2.32. The lowest BCUT2D eigenvalue weighted by molar-refractivity contribution is -0.120. The standard InChI is InChI=1S/C12H17Cl2N3O3S/c1-7(2)5-16-11(18)6-17-21(19,20)12-9(13)3-8(15)4-10(12)14/h3-4,7,17H,5-6,15H2,1-2H3,(H,16,18). The van der Waals surface area contributed by atoms with Gasteiger partial charge in [0.1, 0.15) is 4.90 Å². The highest BCUT2D eigenvalue weighted by Crippen LogP contribution is 2.31. The maximum Gasteiger partial charge on any atom is 0.244 e. The van der Waals surface area contributed by atoms with Crippen molar-refractivity contribution in [3.8, 4) is 0 Å². The van der Waals surface area contributed by atoms with Gasteiger partial charge in [0.15, 0.2) is 0 Å². The third kappa shape index (κ3) is 5.35. The minimum absolute atomic E-state index is 0.102. The maximum absolute atomic E-state index is 12.1. The molecule has 4 N–H and O–H groups in total. The number of nitrogens with one attached hydrogen (secondary N) is 2. The first-order valence-corrected chi connectivity index (χ1v) is 8.38. The molecule has 1 amide bonds. The monoisotopic (exact) mass is 353 g/mol. The van der Waals surface area contributed by atoms with Crippen molar-refractivity contribution in [3.63, 3.8) is 0 Å². The van der Waals surface area contributed by atoms with Gasteiger partial charge in [-0.1, -0.05) is 37.0 Å². The second kappa shape index (κ2) is 7.31. The molecule has 0 aromatic heterocycles. The van der Waals surface area contributed by atoms with E-state index in [1.54, 1.807) is 0 Å².